The molecule has 1 aliphatic carbocycles. The van der Waals surface area contributed by atoms with E-state index >= 15 is 0 Å². The zero-order valence-corrected chi connectivity index (χ0v) is 17.9. The van der Waals surface area contributed by atoms with Crippen molar-refractivity contribution in [2.75, 3.05) is 20.6 Å². The van der Waals surface area contributed by atoms with Crippen LogP contribution >= 0.6 is 15.9 Å². The van der Waals surface area contributed by atoms with E-state index in [1.165, 1.54) is 4.90 Å². The highest BCUT2D eigenvalue weighted by molar-refractivity contribution is 9.10. The molecule has 0 aromatic heterocycles. The molecule has 6 heteroatoms. The lowest BCUT2D eigenvalue weighted by Crippen LogP contribution is -2.44. The Morgan fingerprint density at radius 3 is 2.07 bits per heavy atom. The summed E-state index contributed by atoms with van der Waals surface area (Å²) in [6.45, 7) is 0.965. The summed E-state index contributed by atoms with van der Waals surface area (Å²) in [5.74, 6) is -0.0640. The average molecular weight is 444 g/mol. The second-order valence-electron chi connectivity index (χ2n) is 7.56. The van der Waals surface area contributed by atoms with Crippen molar-refractivity contribution in [2.24, 2.45) is 5.73 Å². The normalized spacial score (nSPS) is 14.4. The van der Waals surface area contributed by atoms with Gasteiger partial charge in [-0.1, -0.05) is 52.3 Å². The lowest BCUT2D eigenvalue weighted by atomic mass is 9.93. The number of hydrogen-bond acceptors (Lipinski definition) is 3. The van der Waals surface area contributed by atoms with Gasteiger partial charge in [0, 0.05) is 31.7 Å². The Morgan fingerprint density at radius 1 is 1.00 bits per heavy atom. The monoisotopic (exact) mass is 443 g/mol. The van der Waals surface area contributed by atoms with E-state index in [4.69, 9.17) is 5.73 Å². The first-order chi connectivity index (χ1) is 13.4. The summed E-state index contributed by atoms with van der Waals surface area (Å²) in [7, 11) is 3.42. The number of hydrogen-bond donors (Lipinski definition) is 1. The van der Waals surface area contributed by atoms with Gasteiger partial charge in [-0.3, -0.25) is 9.59 Å². The van der Waals surface area contributed by atoms with Crippen molar-refractivity contribution in [2.45, 2.75) is 31.3 Å². The van der Waals surface area contributed by atoms with E-state index in [0.717, 1.165) is 34.0 Å². The van der Waals surface area contributed by atoms with Crippen molar-refractivity contribution < 1.29 is 9.59 Å². The Bertz CT molecular complexity index is 843. The van der Waals surface area contributed by atoms with Gasteiger partial charge in [-0.25, -0.2) is 0 Å². The molecule has 0 radical (unpaired) electrons. The smallest absolute Gasteiger partial charge is 0.241 e. The molecule has 1 saturated carbocycles. The predicted octanol–water partition coefficient (Wildman–Crippen LogP) is 3.06. The van der Waals surface area contributed by atoms with Crippen molar-refractivity contribution in [3.8, 4) is 0 Å². The number of likely N-dealkylation sites (N-methyl/N-ethyl adjacent to an activating group) is 1. The van der Waals surface area contributed by atoms with Crippen LogP contribution in [0.1, 0.15) is 29.5 Å². The molecule has 3 rings (SSSR count). The van der Waals surface area contributed by atoms with E-state index in [2.05, 4.69) is 15.9 Å². The minimum atomic E-state index is -0.519. The fourth-order valence-corrected chi connectivity index (χ4v) is 3.59. The highest BCUT2D eigenvalue weighted by Gasteiger charge is 2.53. The van der Waals surface area contributed by atoms with Crippen LogP contribution < -0.4 is 5.73 Å². The molecular formula is C22H26BrN3O2. The minimum absolute atomic E-state index is 0.0196. The van der Waals surface area contributed by atoms with Crippen LogP contribution in [0, 0.1) is 0 Å². The second-order valence-corrected chi connectivity index (χ2v) is 8.47. The first-order valence-corrected chi connectivity index (χ1v) is 10.2. The van der Waals surface area contributed by atoms with Gasteiger partial charge in [-0.05, 0) is 41.7 Å². The number of carbonyl (C=O) groups is 2. The predicted molar refractivity (Wildman–Crippen MR) is 113 cm³/mol. The van der Waals surface area contributed by atoms with E-state index in [9.17, 15) is 9.59 Å². The first-order valence-electron chi connectivity index (χ1n) is 9.39. The highest BCUT2D eigenvalue weighted by atomic mass is 79.9. The number of nitrogens with two attached hydrogens (primary N) is 1. The van der Waals surface area contributed by atoms with E-state index < -0.39 is 5.41 Å². The van der Waals surface area contributed by atoms with Gasteiger partial charge in [0.1, 0.15) is 6.54 Å². The molecule has 0 heterocycles. The molecule has 0 spiro atoms. The summed E-state index contributed by atoms with van der Waals surface area (Å²) in [4.78, 5) is 29.1. The van der Waals surface area contributed by atoms with Gasteiger partial charge in [-0.2, -0.15) is 0 Å². The fraction of sp³-hybridized carbons (Fsp3) is 0.364. The molecule has 0 saturated heterocycles. The molecule has 2 amide bonds. The zero-order valence-electron chi connectivity index (χ0n) is 16.3. The second kappa shape index (κ2) is 8.45. The maximum absolute atomic E-state index is 13.5. The average Bonchev–Trinajstić information content (AvgIpc) is 3.50. The number of rotatable bonds is 7. The van der Waals surface area contributed by atoms with E-state index in [-0.39, 0.29) is 18.4 Å². The molecule has 0 bridgehead atoms. The van der Waals surface area contributed by atoms with Crippen LogP contribution in [0.4, 0.5) is 0 Å². The Hall–Kier alpha value is -2.18. The Labute approximate surface area is 174 Å². The third-order valence-corrected chi connectivity index (χ3v) is 5.83. The molecule has 2 aromatic rings. The molecule has 148 valence electrons. The summed E-state index contributed by atoms with van der Waals surface area (Å²) >= 11 is 3.43. The summed E-state index contributed by atoms with van der Waals surface area (Å²) in [5, 5.41) is 0. The van der Waals surface area contributed by atoms with Crippen molar-refractivity contribution in [1.82, 2.24) is 9.80 Å². The highest BCUT2D eigenvalue weighted by Crippen LogP contribution is 2.49. The molecule has 1 aliphatic rings. The number of amides is 2. The molecule has 0 aliphatic heterocycles. The van der Waals surface area contributed by atoms with Crippen LogP contribution in [-0.4, -0.2) is 42.3 Å². The number of halogens is 1. The van der Waals surface area contributed by atoms with Gasteiger partial charge in [0.2, 0.25) is 11.8 Å². The quantitative estimate of drug-likeness (QED) is 0.714. The van der Waals surface area contributed by atoms with Crippen LogP contribution in [0.5, 0.6) is 0 Å². The molecular weight excluding hydrogens is 418 g/mol. The van der Waals surface area contributed by atoms with E-state index in [1.807, 2.05) is 48.5 Å². The van der Waals surface area contributed by atoms with Crippen molar-refractivity contribution in [3.63, 3.8) is 0 Å². The summed E-state index contributed by atoms with van der Waals surface area (Å²) in [5.41, 5.74) is 8.22. The van der Waals surface area contributed by atoms with Crippen LogP contribution in [0.2, 0.25) is 0 Å². The molecule has 2 aromatic carbocycles. The van der Waals surface area contributed by atoms with Gasteiger partial charge < -0.3 is 15.5 Å². The number of nitrogens with zero attached hydrogens (tertiary/aromatic N) is 2. The standard InChI is InChI=1S/C22H26BrN3O2/c1-25(2)20(27)15-26(14-17-5-9-19(23)10-6-17)21(28)22(11-12-22)18-7-3-16(13-24)4-8-18/h3-10H,11-15,24H2,1-2H3. The Balaban J connectivity index is 1.86. The lowest BCUT2D eigenvalue weighted by Gasteiger charge is -2.28. The van der Waals surface area contributed by atoms with Crippen molar-refractivity contribution >= 4 is 27.7 Å². The summed E-state index contributed by atoms with van der Waals surface area (Å²) in [6.07, 6.45) is 1.61. The maximum Gasteiger partial charge on any atom is 0.241 e. The SMILES string of the molecule is CN(C)C(=O)CN(Cc1ccc(Br)cc1)C(=O)C1(c2ccc(CN)cc2)CC1. The van der Waals surface area contributed by atoms with Gasteiger partial charge >= 0.3 is 0 Å². The van der Waals surface area contributed by atoms with Gasteiger partial charge in [-0.15, -0.1) is 0 Å². The molecule has 0 unspecified atom stereocenters. The minimum Gasteiger partial charge on any atom is -0.347 e. The van der Waals surface area contributed by atoms with E-state index in [0.29, 0.717) is 13.1 Å². The zero-order chi connectivity index (χ0) is 20.3. The molecule has 28 heavy (non-hydrogen) atoms. The third-order valence-electron chi connectivity index (χ3n) is 5.30. The Morgan fingerprint density at radius 2 is 1.57 bits per heavy atom. The molecule has 5 nitrogen and oxygen atoms in total. The Kier molecular flexibility index (Phi) is 6.20. The van der Waals surface area contributed by atoms with Gasteiger partial charge in [0.25, 0.3) is 0 Å². The maximum atomic E-state index is 13.5. The van der Waals surface area contributed by atoms with Gasteiger partial charge in [0.05, 0.1) is 5.41 Å². The van der Waals surface area contributed by atoms with Crippen LogP contribution in [0.3, 0.4) is 0 Å². The molecule has 0 atom stereocenters. The first kappa shape index (κ1) is 20.6. The molecule has 2 N–H and O–H groups in total. The third kappa shape index (κ3) is 4.45. The summed E-state index contributed by atoms with van der Waals surface area (Å²) in [6, 6.07) is 15.8. The number of benzene rings is 2. The molecule has 1 fully saturated rings. The fourth-order valence-electron chi connectivity index (χ4n) is 3.33. The van der Waals surface area contributed by atoms with Crippen molar-refractivity contribution in [1.29, 1.82) is 0 Å². The summed E-state index contributed by atoms with van der Waals surface area (Å²) < 4.78 is 0.983. The van der Waals surface area contributed by atoms with Gasteiger partial charge in [0.15, 0.2) is 0 Å². The van der Waals surface area contributed by atoms with Crippen LogP contribution in [0.25, 0.3) is 0 Å². The van der Waals surface area contributed by atoms with Crippen LogP contribution in [0.15, 0.2) is 53.0 Å². The van der Waals surface area contributed by atoms with Crippen molar-refractivity contribution in [3.05, 3.63) is 69.7 Å². The topological polar surface area (TPSA) is 66.6 Å². The van der Waals surface area contributed by atoms with Crippen LogP contribution in [-0.2, 0) is 28.1 Å². The number of carbonyl (C=O) groups excluding carboxylic acids is 2. The largest absolute Gasteiger partial charge is 0.347 e. The lowest BCUT2D eigenvalue weighted by molar-refractivity contribution is -0.141. The van der Waals surface area contributed by atoms with E-state index in [1.54, 1.807) is 19.0 Å².